The van der Waals surface area contributed by atoms with E-state index in [0.29, 0.717) is 0 Å². The zero-order valence-corrected chi connectivity index (χ0v) is 9.15. The highest BCUT2D eigenvalue weighted by atomic mass is 15.4. The molecule has 0 saturated carbocycles. The second-order valence-electron chi connectivity index (χ2n) is 3.50. The third-order valence-electron chi connectivity index (χ3n) is 2.30. The lowest BCUT2D eigenvalue weighted by Crippen LogP contribution is -1.98. The smallest absolute Gasteiger partial charge is 0.221 e. The van der Waals surface area contributed by atoms with Crippen LogP contribution in [-0.2, 0) is 7.05 Å². The van der Waals surface area contributed by atoms with Crippen LogP contribution in [0.3, 0.4) is 0 Å². The maximum absolute atomic E-state index is 4.37. The van der Waals surface area contributed by atoms with Gasteiger partial charge in [0.25, 0.3) is 0 Å². The normalized spacial score (nSPS) is 10.3. The van der Waals surface area contributed by atoms with Crippen molar-refractivity contribution in [1.82, 2.24) is 14.8 Å². The number of rotatable bonds is 2. The van der Waals surface area contributed by atoms with E-state index in [1.807, 2.05) is 26.2 Å². The zero-order chi connectivity index (χ0) is 10.8. The van der Waals surface area contributed by atoms with Crippen molar-refractivity contribution < 1.29 is 0 Å². The van der Waals surface area contributed by atoms with Gasteiger partial charge < -0.3 is 5.32 Å². The standard InChI is InChI=1S/C11H14N4/c1-8-4-6-9(7-5-8)10-13-11(12-2)15(3)14-10/h4-7H,1-3H3,(H,12,13,14). The average molecular weight is 202 g/mol. The third kappa shape index (κ3) is 1.83. The Morgan fingerprint density at radius 2 is 1.87 bits per heavy atom. The molecule has 0 bridgehead atoms. The van der Waals surface area contributed by atoms with Gasteiger partial charge >= 0.3 is 0 Å². The highest BCUT2D eigenvalue weighted by molar-refractivity contribution is 5.56. The van der Waals surface area contributed by atoms with Gasteiger partial charge in [-0.15, -0.1) is 5.10 Å². The second-order valence-corrected chi connectivity index (χ2v) is 3.50. The summed E-state index contributed by atoms with van der Waals surface area (Å²) in [5.41, 5.74) is 2.28. The molecular weight excluding hydrogens is 188 g/mol. The van der Waals surface area contributed by atoms with Crippen LogP contribution in [0.4, 0.5) is 5.95 Å². The van der Waals surface area contributed by atoms with Gasteiger partial charge in [-0.05, 0) is 6.92 Å². The first-order valence-corrected chi connectivity index (χ1v) is 4.86. The van der Waals surface area contributed by atoms with Crippen LogP contribution in [0.2, 0.25) is 0 Å². The monoisotopic (exact) mass is 202 g/mol. The first-order chi connectivity index (χ1) is 7.20. The summed E-state index contributed by atoms with van der Waals surface area (Å²) >= 11 is 0. The maximum Gasteiger partial charge on any atom is 0.221 e. The minimum absolute atomic E-state index is 0.752. The molecule has 0 aliphatic rings. The molecule has 1 aromatic carbocycles. The van der Waals surface area contributed by atoms with Gasteiger partial charge in [-0.1, -0.05) is 29.8 Å². The van der Waals surface area contributed by atoms with Crippen molar-refractivity contribution in [2.45, 2.75) is 6.92 Å². The molecular formula is C11H14N4. The number of anilines is 1. The van der Waals surface area contributed by atoms with E-state index in [1.165, 1.54) is 5.56 Å². The Bertz CT molecular complexity index is 456. The largest absolute Gasteiger partial charge is 0.357 e. The average Bonchev–Trinajstić information content (AvgIpc) is 2.61. The number of nitrogens with zero attached hydrogens (tertiary/aromatic N) is 3. The summed E-state index contributed by atoms with van der Waals surface area (Å²) in [5.74, 6) is 1.52. The maximum atomic E-state index is 4.37. The van der Waals surface area contributed by atoms with Gasteiger partial charge in [0.15, 0.2) is 5.82 Å². The molecule has 1 heterocycles. The molecule has 1 N–H and O–H groups in total. The van der Waals surface area contributed by atoms with Crippen molar-refractivity contribution in [2.75, 3.05) is 12.4 Å². The first-order valence-electron chi connectivity index (χ1n) is 4.86. The van der Waals surface area contributed by atoms with Crippen molar-refractivity contribution in [3.8, 4) is 11.4 Å². The van der Waals surface area contributed by atoms with E-state index in [1.54, 1.807) is 4.68 Å². The van der Waals surface area contributed by atoms with Crippen molar-refractivity contribution in [1.29, 1.82) is 0 Å². The van der Waals surface area contributed by atoms with Gasteiger partial charge in [0.2, 0.25) is 5.95 Å². The molecule has 0 amide bonds. The van der Waals surface area contributed by atoms with Gasteiger partial charge in [-0.2, -0.15) is 4.98 Å². The lowest BCUT2D eigenvalue weighted by molar-refractivity contribution is 0.776. The molecule has 1 aromatic heterocycles. The first kappa shape index (κ1) is 9.71. The molecule has 4 heteroatoms. The lowest BCUT2D eigenvalue weighted by Gasteiger charge is -1.95. The molecule has 0 atom stereocenters. The minimum Gasteiger partial charge on any atom is -0.357 e. The predicted molar refractivity (Wildman–Crippen MR) is 60.7 cm³/mol. The van der Waals surface area contributed by atoms with Gasteiger partial charge in [-0.25, -0.2) is 4.68 Å². The lowest BCUT2D eigenvalue weighted by atomic mass is 10.1. The van der Waals surface area contributed by atoms with Crippen molar-refractivity contribution in [3.05, 3.63) is 29.8 Å². The summed E-state index contributed by atoms with van der Waals surface area (Å²) in [6.45, 7) is 2.06. The summed E-state index contributed by atoms with van der Waals surface area (Å²) in [7, 11) is 3.71. The number of benzene rings is 1. The molecule has 0 radical (unpaired) electrons. The summed E-state index contributed by atoms with van der Waals surface area (Å²) in [5, 5.41) is 7.31. The number of aromatic nitrogens is 3. The van der Waals surface area contributed by atoms with E-state index < -0.39 is 0 Å². The topological polar surface area (TPSA) is 42.7 Å². The molecule has 0 aliphatic heterocycles. The summed E-state index contributed by atoms with van der Waals surface area (Å²) in [4.78, 5) is 4.37. The number of nitrogens with one attached hydrogen (secondary N) is 1. The van der Waals surface area contributed by atoms with Crippen LogP contribution in [0.1, 0.15) is 5.56 Å². The Kier molecular flexibility index (Phi) is 2.41. The van der Waals surface area contributed by atoms with E-state index in [0.717, 1.165) is 17.3 Å². The molecule has 4 nitrogen and oxygen atoms in total. The number of hydrogen-bond acceptors (Lipinski definition) is 3. The molecule has 0 fully saturated rings. The summed E-state index contributed by atoms with van der Waals surface area (Å²) < 4.78 is 1.73. The summed E-state index contributed by atoms with van der Waals surface area (Å²) in [6.07, 6.45) is 0. The fourth-order valence-corrected chi connectivity index (χ4v) is 1.43. The molecule has 0 unspecified atom stereocenters. The third-order valence-corrected chi connectivity index (χ3v) is 2.30. The van der Waals surface area contributed by atoms with Crippen LogP contribution >= 0.6 is 0 Å². The van der Waals surface area contributed by atoms with E-state index in [-0.39, 0.29) is 0 Å². The molecule has 2 aromatic rings. The highest BCUT2D eigenvalue weighted by Crippen LogP contribution is 2.17. The van der Waals surface area contributed by atoms with Crippen LogP contribution in [0.15, 0.2) is 24.3 Å². The van der Waals surface area contributed by atoms with E-state index in [4.69, 9.17) is 0 Å². The van der Waals surface area contributed by atoms with E-state index in [2.05, 4.69) is 34.5 Å². The predicted octanol–water partition coefficient (Wildman–Crippen LogP) is 1.83. The Morgan fingerprint density at radius 1 is 1.20 bits per heavy atom. The van der Waals surface area contributed by atoms with Gasteiger partial charge in [0.1, 0.15) is 0 Å². The van der Waals surface area contributed by atoms with Crippen LogP contribution < -0.4 is 5.32 Å². The molecule has 15 heavy (non-hydrogen) atoms. The summed E-state index contributed by atoms with van der Waals surface area (Å²) in [6, 6.07) is 8.18. The number of aryl methyl sites for hydroxylation is 2. The van der Waals surface area contributed by atoms with E-state index in [9.17, 15) is 0 Å². The van der Waals surface area contributed by atoms with Crippen LogP contribution in [0.5, 0.6) is 0 Å². The van der Waals surface area contributed by atoms with Crippen molar-refractivity contribution in [3.63, 3.8) is 0 Å². The Labute approximate surface area is 89.0 Å². The second kappa shape index (κ2) is 3.73. The molecule has 0 spiro atoms. The van der Waals surface area contributed by atoms with Crippen LogP contribution in [0, 0.1) is 6.92 Å². The van der Waals surface area contributed by atoms with Crippen molar-refractivity contribution in [2.24, 2.45) is 7.05 Å². The van der Waals surface area contributed by atoms with E-state index >= 15 is 0 Å². The quantitative estimate of drug-likeness (QED) is 0.808. The Hall–Kier alpha value is -1.84. The molecule has 78 valence electrons. The fourth-order valence-electron chi connectivity index (χ4n) is 1.43. The minimum atomic E-state index is 0.752. The molecule has 0 saturated heterocycles. The Balaban J connectivity index is 2.41. The van der Waals surface area contributed by atoms with Crippen LogP contribution in [-0.4, -0.2) is 21.8 Å². The molecule has 0 aliphatic carbocycles. The van der Waals surface area contributed by atoms with Crippen molar-refractivity contribution >= 4 is 5.95 Å². The van der Waals surface area contributed by atoms with Crippen LogP contribution in [0.25, 0.3) is 11.4 Å². The highest BCUT2D eigenvalue weighted by Gasteiger charge is 2.06. The fraction of sp³-hybridized carbons (Fsp3) is 0.273. The number of hydrogen-bond donors (Lipinski definition) is 1. The SMILES string of the molecule is CNc1nc(-c2ccc(C)cc2)nn1C. The van der Waals surface area contributed by atoms with Gasteiger partial charge in [0, 0.05) is 19.7 Å². The van der Waals surface area contributed by atoms with Gasteiger partial charge in [0.05, 0.1) is 0 Å². The Morgan fingerprint density at radius 3 is 2.40 bits per heavy atom. The van der Waals surface area contributed by atoms with Gasteiger partial charge in [-0.3, -0.25) is 0 Å². The zero-order valence-electron chi connectivity index (χ0n) is 9.15. The molecule has 2 rings (SSSR count).